The molecule has 132 valence electrons. The molecule has 5 heteroatoms. The fourth-order valence-electron chi connectivity index (χ4n) is 2.74. The summed E-state index contributed by atoms with van der Waals surface area (Å²) < 4.78 is 11.0. The van der Waals surface area contributed by atoms with E-state index < -0.39 is 0 Å². The van der Waals surface area contributed by atoms with Gasteiger partial charge in [-0.1, -0.05) is 49.2 Å². The molecular formula is C20H22ClNO3. The van der Waals surface area contributed by atoms with Crippen molar-refractivity contribution in [2.45, 2.75) is 32.6 Å². The number of nitrogens with one attached hydrogen (secondary N) is 1. The smallest absolute Gasteiger partial charge is 0.228 e. The third kappa shape index (κ3) is 4.67. The molecule has 2 aromatic rings. The lowest BCUT2D eigenvalue weighted by atomic mass is 10.0. The molecule has 0 aliphatic carbocycles. The minimum Gasteiger partial charge on any atom is -0.486 e. The van der Waals surface area contributed by atoms with Crippen molar-refractivity contribution in [2.75, 3.05) is 18.5 Å². The Morgan fingerprint density at radius 3 is 2.40 bits per heavy atom. The lowest BCUT2D eigenvalue weighted by Crippen LogP contribution is -2.17. The van der Waals surface area contributed by atoms with Crippen LogP contribution in [0.15, 0.2) is 36.4 Å². The second-order valence-corrected chi connectivity index (χ2v) is 6.53. The van der Waals surface area contributed by atoms with Gasteiger partial charge in [-0.15, -0.1) is 0 Å². The van der Waals surface area contributed by atoms with Crippen molar-refractivity contribution in [1.29, 1.82) is 0 Å². The Labute approximate surface area is 153 Å². The third-order valence-electron chi connectivity index (χ3n) is 4.11. The first-order valence-electron chi connectivity index (χ1n) is 8.62. The van der Waals surface area contributed by atoms with E-state index in [0.29, 0.717) is 41.8 Å². The van der Waals surface area contributed by atoms with Crippen LogP contribution in [0.5, 0.6) is 11.5 Å². The van der Waals surface area contributed by atoms with Crippen LogP contribution in [0.1, 0.15) is 30.9 Å². The van der Waals surface area contributed by atoms with Crippen LogP contribution in [0.2, 0.25) is 5.02 Å². The molecule has 0 bridgehead atoms. The van der Waals surface area contributed by atoms with Gasteiger partial charge in [-0.3, -0.25) is 4.79 Å². The molecule has 1 amide bonds. The van der Waals surface area contributed by atoms with Crippen LogP contribution in [-0.2, 0) is 17.6 Å². The molecule has 1 N–H and O–H groups in total. The molecule has 0 aromatic heterocycles. The second-order valence-electron chi connectivity index (χ2n) is 6.12. The summed E-state index contributed by atoms with van der Waals surface area (Å²) in [6, 6.07) is 11.6. The number of halogens is 1. The maximum Gasteiger partial charge on any atom is 0.228 e. The number of carbonyl (C=O) groups excluding carboxylic acids is 1. The van der Waals surface area contributed by atoms with Gasteiger partial charge in [-0.2, -0.15) is 0 Å². The predicted molar refractivity (Wildman–Crippen MR) is 99.8 cm³/mol. The summed E-state index contributed by atoms with van der Waals surface area (Å²) in [4.78, 5) is 12.3. The highest BCUT2D eigenvalue weighted by Crippen LogP contribution is 2.37. The predicted octanol–water partition coefficient (Wildman–Crippen LogP) is 4.64. The SMILES string of the molecule is CCCCc1ccc(CC(=O)Nc2cc3c(cc2Cl)OCCO3)cc1. The summed E-state index contributed by atoms with van der Waals surface area (Å²) >= 11 is 6.23. The summed E-state index contributed by atoms with van der Waals surface area (Å²) in [7, 11) is 0. The Morgan fingerprint density at radius 1 is 1.08 bits per heavy atom. The Kier molecular flexibility index (Phi) is 5.82. The summed E-state index contributed by atoms with van der Waals surface area (Å²) in [6.45, 7) is 3.18. The van der Waals surface area contributed by atoms with Crippen molar-refractivity contribution in [3.05, 3.63) is 52.5 Å². The Morgan fingerprint density at radius 2 is 1.72 bits per heavy atom. The number of amides is 1. The number of benzene rings is 2. The van der Waals surface area contributed by atoms with Gasteiger partial charge in [0.15, 0.2) is 11.5 Å². The average Bonchev–Trinajstić information content (AvgIpc) is 2.62. The number of carbonyl (C=O) groups is 1. The highest BCUT2D eigenvalue weighted by atomic mass is 35.5. The normalized spacial score (nSPS) is 12.7. The van der Waals surface area contributed by atoms with Gasteiger partial charge in [-0.05, 0) is 24.0 Å². The molecule has 0 fully saturated rings. The van der Waals surface area contributed by atoms with Crippen molar-refractivity contribution >= 4 is 23.2 Å². The van der Waals surface area contributed by atoms with Gasteiger partial charge in [0.05, 0.1) is 17.1 Å². The molecule has 0 radical (unpaired) electrons. The summed E-state index contributed by atoms with van der Waals surface area (Å²) in [5, 5.41) is 3.29. The van der Waals surface area contributed by atoms with Gasteiger partial charge >= 0.3 is 0 Å². The van der Waals surface area contributed by atoms with Crippen LogP contribution < -0.4 is 14.8 Å². The molecule has 0 unspecified atom stereocenters. The fraction of sp³-hybridized carbons (Fsp3) is 0.350. The maximum absolute atomic E-state index is 12.3. The largest absolute Gasteiger partial charge is 0.486 e. The van der Waals surface area contributed by atoms with E-state index in [9.17, 15) is 4.79 Å². The number of aryl methyl sites for hydroxylation is 1. The van der Waals surface area contributed by atoms with Gasteiger partial charge in [0.2, 0.25) is 5.91 Å². The van der Waals surface area contributed by atoms with E-state index in [4.69, 9.17) is 21.1 Å². The molecule has 1 heterocycles. The van der Waals surface area contributed by atoms with Crippen molar-refractivity contribution in [3.8, 4) is 11.5 Å². The minimum atomic E-state index is -0.111. The van der Waals surface area contributed by atoms with E-state index in [0.717, 1.165) is 12.0 Å². The van der Waals surface area contributed by atoms with Gasteiger partial charge in [0.1, 0.15) is 13.2 Å². The molecule has 0 spiro atoms. The number of fused-ring (bicyclic) bond motifs is 1. The number of unbranched alkanes of at least 4 members (excludes halogenated alkanes) is 1. The summed E-state index contributed by atoms with van der Waals surface area (Å²) in [5.74, 6) is 1.10. The molecule has 4 nitrogen and oxygen atoms in total. The Balaban J connectivity index is 1.62. The van der Waals surface area contributed by atoms with Gasteiger partial charge in [-0.25, -0.2) is 0 Å². The second kappa shape index (κ2) is 8.26. The van der Waals surface area contributed by atoms with Crippen molar-refractivity contribution in [1.82, 2.24) is 0 Å². The lowest BCUT2D eigenvalue weighted by Gasteiger charge is -2.20. The average molecular weight is 360 g/mol. The molecule has 0 saturated heterocycles. The van der Waals surface area contributed by atoms with E-state index in [-0.39, 0.29) is 5.91 Å². The molecule has 0 atom stereocenters. The first-order chi connectivity index (χ1) is 12.2. The number of hydrogen-bond acceptors (Lipinski definition) is 3. The molecule has 25 heavy (non-hydrogen) atoms. The number of ether oxygens (including phenoxy) is 2. The van der Waals surface area contributed by atoms with Crippen LogP contribution in [0.3, 0.4) is 0 Å². The molecule has 0 saturated carbocycles. The van der Waals surface area contributed by atoms with E-state index >= 15 is 0 Å². The van der Waals surface area contributed by atoms with E-state index in [2.05, 4.69) is 24.4 Å². The van der Waals surface area contributed by atoms with E-state index in [1.807, 2.05) is 12.1 Å². The first kappa shape index (κ1) is 17.6. The first-order valence-corrected chi connectivity index (χ1v) is 9.00. The van der Waals surface area contributed by atoms with Gasteiger partial charge in [0.25, 0.3) is 0 Å². The van der Waals surface area contributed by atoms with Gasteiger partial charge in [0, 0.05) is 12.1 Å². The summed E-state index contributed by atoms with van der Waals surface area (Å²) in [5.41, 5.74) is 2.82. The van der Waals surface area contributed by atoms with Crippen molar-refractivity contribution in [2.24, 2.45) is 0 Å². The Hall–Kier alpha value is -2.20. The highest BCUT2D eigenvalue weighted by molar-refractivity contribution is 6.34. The van der Waals surface area contributed by atoms with E-state index in [1.54, 1.807) is 12.1 Å². The van der Waals surface area contributed by atoms with Crippen LogP contribution in [0.25, 0.3) is 0 Å². The van der Waals surface area contributed by atoms with Crippen molar-refractivity contribution < 1.29 is 14.3 Å². The molecule has 1 aliphatic heterocycles. The molecular weight excluding hydrogens is 338 g/mol. The number of hydrogen-bond donors (Lipinski definition) is 1. The third-order valence-corrected chi connectivity index (χ3v) is 4.43. The highest BCUT2D eigenvalue weighted by Gasteiger charge is 2.16. The minimum absolute atomic E-state index is 0.111. The fourth-order valence-corrected chi connectivity index (χ4v) is 2.95. The van der Waals surface area contributed by atoms with E-state index in [1.165, 1.54) is 18.4 Å². The zero-order valence-electron chi connectivity index (χ0n) is 14.3. The van der Waals surface area contributed by atoms with Crippen LogP contribution >= 0.6 is 11.6 Å². The standard InChI is InChI=1S/C20H22ClNO3/c1-2-3-4-14-5-7-15(8-6-14)11-20(23)22-17-13-19-18(12-16(17)21)24-9-10-25-19/h5-8,12-13H,2-4,9-11H2,1H3,(H,22,23). The zero-order chi connectivity index (χ0) is 17.6. The lowest BCUT2D eigenvalue weighted by molar-refractivity contribution is -0.115. The molecule has 1 aliphatic rings. The molecule has 2 aromatic carbocycles. The quantitative estimate of drug-likeness (QED) is 0.817. The maximum atomic E-state index is 12.3. The number of anilines is 1. The van der Waals surface area contributed by atoms with Crippen LogP contribution in [0.4, 0.5) is 5.69 Å². The monoisotopic (exact) mass is 359 g/mol. The summed E-state index contributed by atoms with van der Waals surface area (Å²) in [6.07, 6.45) is 3.75. The van der Waals surface area contributed by atoms with Crippen LogP contribution in [0, 0.1) is 0 Å². The number of rotatable bonds is 6. The molecule has 3 rings (SSSR count). The van der Waals surface area contributed by atoms with Crippen LogP contribution in [-0.4, -0.2) is 19.1 Å². The zero-order valence-corrected chi connectivity index (χ0v) is 15.1. The van der Waals surface area contributed by atoms with Crippen molar-refractivity contribution in [3.63, 3.8) is 0 Å². The topological polar surface area (TPSA) is 47.6 Å². The van der Waals surface area contributed by atoms with Gasteiger partial charge < -0.3 is 14.8 Å². The Bertz CT molecular complexity index is 743.